The van der Waals surface area contributed by atoms with E-state index in [1.165, 1.54) is 5.56 Å². The number of nitrogens with zero attached hydrogens (tertiary/aromatic N) is 2. The van der Waals surface area contributed by atoms with Gasteiger partial charge in [0.05, 0.1) is 12.3 Å². The molecule has 0 bridgehead atoms. The van der Waals surface area contributed by atoms with Crippen LogP contribution in [0.15, 0.2) is 30.3 Å². The maximum Gasteiger partial charge on any atom is 0.161 e. The van der Waals surface area contributed by atoms with Crippen LogP contribution in [0.4, 0.5) is 0 Å². The molecule has 0 radical (unpaired) electrons. The molecule has 94 valence electrons. The Morgan fingerprint density at radius 3 is 2.72 bits per heavy atom. The van der Waals surface area contributed by atoms with Crippen molar-refractivity contribution >= 4 is 11.6 Å². The molecular formula is C14H15ClN2O. The fourth-order valence-corrected chi connectivity index (χ4v) is 2.06. The number of benzene rings is 1. The van der Waals surface area contributed by atoms with Crippen molar-refractivity contribution in [2.24, 2.45) is 0 Å². The predicted octanol–water partition coefficient (Wildman–Crippen LogP) is 3.51. The molecule has 0 saturated heterocycles. The lowest BCUT2D eigenvalue weighted by Crippen LogP contribution is -1.99. The molecule has 18 heavy (non-hydrogen) atoms. The number of ether oxygens (including phenoxy) is 1. The Morgan fingerprint density at radius 2 is 2.00 bits per heavy atom. The van der Waals surface area contributed by atoms with Gasteiger partial charge in [-0.05, 0) is 18.1 Å². The smallest absolute Gasteiger partial charge is 0.161 e. The fraction of sp³-hybridized carbons (Fsp3) is 0.286. The first-order valence-electron chi connectivity index (χ1n) is 5.85. The number of hydrogen-bond acceptors (Lipinski definition) is 3. The summed E-state index contributed by atoms with van der Waals surface area (Å²) in [6.45, 7) is 2.54. The van der Waals surface area contributed by atoms with E-state index in [0.29, 0.717) is 17.6 Å². The molecule has 0 amide bonds. The van der Waals surface area contributed by atoms with Gasteiger partial charge in [0.2, 0.25) is 0 Å². The Bertz CT molecular complexity index is 543. The van der Waals surface area contributed by atoms with Gasteiger partial charge in [-0.15, -0.1) is 0 Å². The first kappa shape index (κ1) is 13.0. The Morgan fingerprint density at radius 1 is 1.22 bits per heavy atom. The van der Waals surface area contributed by atoms with Crippen LogP contribution in [0.2, 0.25) is 5.15 Å². The van der Waals surface area contributed by atoms with Crippen molar-refractivity contribution in [3.05, 3.63) is 46.7 Å². The summed E-state index contributed by atoms with van der Waals surface area (Å²) < 4.78 is 5.08. The number of methoxy groups -OCH3 is 1. The number of aryl methyl sites for hydroxylation is 1. The largest absolute Gasteiger partial charge is 0.378 e. The minimum atomic E-state index is 0.434. The SMILES string of the molecule is CCc1ccccc1-c1nc(Cl)cc(COC)n1. The topological polar surface area (TPSA) is 35.0 Å². The summed E-state index contributed by atoms with van der Waals surface area (Å²) >= 11 is 6.02. The Kier molecular flexibility index (Phi) is 4.28. The van der Waals surface area contributed by atoms with Crippen molar-refractivity contribution in [1.29, 1.82) is 0 Å². The van der Waals surface area contributed by atoms with Gasteiger partial charge in [0.25, 0.3) is 0 Å². The second kappa shape index (κ2) is 5.94. The number of hydrogen-bond donors (Lipinski definition) is 0. The highest BCUT2D eigenvalue weighted by Crippen LogP contribution is 2.22. The van der Waals surface area contributed by atoms with E-state index in [-0.39, 0.29) is 0 Å². The Labute approximate surface area is 112 Å². The molecule has 1 heterocycles. The third kappa shape index (κ3) is 2.86. The van der Waals surface area contributed by atoms with Crippen LogP contribution < -0.4 is 0 Å². The van der Waals surface area contributed by atoms with Gasteiger partial charge < -0.3 is 4.74 Å². The summed E-state index contributed by atoms with van der Waals surface area (Å²) in [5.74, 6) is 0.659. The second-order valence-electron chi connectivity index (χ2n) is 3.95. The fourth-order valence-electron chi connectivity index (χ4n) is 1.85. The Balaban J connectivity index is 2.49. The van der Waals surface area contributed by atoms with Crippen LogP contribution in [0.5, 0.6) is 0 Å². The molecule has 0 fully saturated rings. The first-order chi connectivity index (χ1) is 8.74. The van der Waals surface area contributed by atoms with E-state index in [0.717, 1.165) is 17.7 Å². The summed E-state index contributed by atoms with van der Waals surface area (Å²) in [4.78, 5) is 8.78. The molecule has 3 nitrogen and oxygen atoms in total. The summed E-state index contributed by atoms with van der Waals surface area (Å²) in [6, 6.07) is 9.82. The molecule has 1 aromatic carbocycles. The monoisotopic (exact) mass is 262 g/mol. The third-order valence-corrected chi connectivity index (χ3v) is 2.87. The quantitative estimate of drug-likeness (QED) is 0.791. The van der Waals surface area contributed by atoms with Crippen LogP contribution in [0.3, 0.4) is 0 Å². The van der Waals surface area contributed by atoms with Crippen molar-refractivity contribution in [3.63, 3.8) is 0 Å². The standard InChI is InChI=1S/C14H15ClN2O/c1-3-10-6-4-5-7-12(10)14-16-11(9-18-2)8-13(15)17-14/h4-8H,3,9H2,1-2H3. The zero-order valence-electron chi connectivity index (χ0n) is 10.5. The average molecular weight is 263 g/mol. The van der Waals surface area contributed by atoms with Gasteiger partial charge >= 0.3 is 0 Å². The van der Waals surface area contributed by atoms with Gasteiger partial charge in [-0.25, -0.2) is 9.97 Å². The summed E-state index contributed by atoms with van der Waals surface area (Å²) in [6.07, 6.45) is 0.936. The van der Waals surface area contributed by atoms with Gasteiger partial charge in [0.15, 0.2) is 5.82 Å². The minimum absolute atomic E-state index is 0.434. The molecule has 2 rings (SSSR count). The number of rotatable bonds is 4. The molecule has 0 aliphatic rings. The maximum absolute atomic E-state index is 6.02. The molecule has 0 spiro atoms. The molecule has 0 aliphatic heterocycles. The van der Waals surface area contributed by atoms with E-state index in [1.807, 2.05) is 18.2 Å². The van der Waals surface area contributed by atoms with Crippen molar-refractivity contribution < 1.29 is 4.74 Å². The van der Waals surface area contributed by atoms with E-state index in [9.17, 15) is 0 Å². The normalized spacial score (nSPS) is 10.6. The number of halogens is 1. The summed E-state index contributed by atoms with van der Waals surface area (Å²) in [5.41, 5.74) is 3.03. The van der Waals surface area contributed by atoms with Crippen LogP contribution in [0.25, 0.3) is 11.4 Å². The molecule has 0 N–H and O–H groups in total. The maximum atomic E-state index is 6.02. The third-order valence-electron chi connectivity index (χ3n) is 2.68. The van der Waals surface area contributed by atoms with E-state index < -0.39 is 0 Å². The molecule has 1 aromatic heterocycles. The van der Waals surface area contributed by atoms with Crippen LogP contribution in [-0.2, 0) is 17.8 Å². The van der Waals surface area contributed by atoms with Gasteiger partial charge in [0, 0.05) is 12.7 Å². The lowest BCUT2D eigenvalue weighted by Gasteiger charge is -2.08. The summed E-state index contributed by atoms with van der Waals surface area (Å²) in [7, 11) is 1.63. The van der Waals surface area contributed by atoms with E-state index in [4.69, 9.17) is 16.3 Å². The van der Waals surface area contributed by atoms with Crippen molar-refractivity contribution in [2.45, 2.75) is 20.0 Å². The predicted molar refractivity (Wildman–Crippen MR) is 72.6 cm³/mol. The van der Waals surface area contributed by atoms with Gasteiger partial charge in [0.1, 0.15) is 5.15 Å². The molecular weight excluding hydrogens is 248 g/mol. The first-order valence-corrected chi connectivity index (χ1v) is 6.23. The van der Waals surface area contributed by atoms with Crippen LogP contribution in [0.1, 0.15) is 18.2 Å². The van der Waals surface area contributed by atoms with E-state index in [1.54, 1.807) is 13.2 Å². The Hall–Kier alpha value is -1.45. The zero-order chi connectivity index (χ0) is 13.0. The molecule has 0 saturated carbocycles. The van der Waals surface area contributed by atoms with Gasteiger partial charge in [-0.3, -0.25) is 0 Å². The van der Waals surface area contributed by atoms with E-state index in [2.05, 4.69) is 23.0 Å². The average Bonchev–Trinajstić information content (AvgIpc) is 2.38. The van der Waals surface area contributed by atoms with Crippen molar-refractivity contribution in [3.8, 4) is 11.4 Å². The number of aromatic nitrogens is 2. The highest BCUT2D eigenvalue weighted by molar-refractivity contribution is 6.29. The van der Waals surface area contributed by atoms with Gasteiger partial charge in [-0.1, -0.05) is 42.8 Å². The summed E-state index contributed by atoms with van der Waals surface area (Å²) in [5, 5.41) is 0.443. The zero-order valence-corrected chi connectivity index (χ0v) is 11.2. The lowest BCUT2D eigenvalue weighted by molar-refractivity contribution is 0.181. The molecule has 0 aliphatic carbocycles. The van der Waals surface area contributed by atoms with Crippen LogP contribution >= 0.6 is 11.6 Å². The molecule has 4 heteroatoms. The lowest BCUT2D eigenvalue weighted by atomic mass is 10.0. The highest BCUT2D eigenvalue weighted by atomic mass is 35.5. The highest BCUT2D eigenvalue weighted by Gasteiger charge is 2.09. The van der Waals surface area contributed by atoms with E-state index >= 15 is 0 Å². The van der Waals surface area contributed by atoms with Crippen LogP contribution in [0, 0.1) is 0 Å². The molecule has 0 unspecified atom stereocenters. The van der Waals surface area contributed by atoms with Crippen LogP contribution in [-0.4, -0.2) is 17.1 Å². The van der Waals surface area contributed by atoms with Gasteiger partial charge in [-0.2, -0.15) is 0 Å². The molecule has 0 atom stereocenters. The molecule has 2 aromatic rings. The minimum Gasteiger partial charge on any atom is -0.378 e. The van der Waals surface area contributed by atoms with Crippen molar-refractivity contribution in [2.75, 3.05) is 7.11 Å². The van der Waals surface area contributed by atoms with Crippen molar-refractivity contribution in [1.82, 2.24) is 9.97 Å². The second-order valence-corrected chi connectivity index (χ2v) is 4.34.